The molecule has 0 aliphatic carbocycles. The minimum atomic E-state index is 0.158. The maximum absolute atomic E-state index is 11.4. The van der Waals surface area contributed by atoms with E-state index in [1.165, 1.54) is 5.56 Å². The number of hydrogen-bond acceptors (Lipinski definition) is 1. The van der Waals surface area contributed by atoms with E-state index in [1.54, 1.807) is 0 Å². The van der Waals surface area contributed by atoms with E-state index in [-0.39, 0.29) is 5.92 Å². The molecule has 0 atom stereocenters. The molecule has 2 heteroatoms. The summed E-state index contributed by atoms with van der Waals surface area (Å²) in [6.45, 7) is 3.90. The Morgan fingerprint density at radius 1 is 1.29 bits per heavy atom. The fraction of sp³-hybridized carbons (Fsp3) is 0.417. The Bertz CT molecular complexity index is 301. The van der Waals surface area contributed by atoms with Crippen LogP contribution in [0.3, 0.4) is 0 Å². The van der Waals surface area contributed by atoms with Crippen LogP contribution in [-0.4, -0.2) is 5.78 Å². The van der Waals surface area contributed by atoms with Gasteiger partial charge in [0.25, 0.3) is 0 Å². The fourth-order valence-corrected chi connectivity index (χ4v) is 1.47. The highest BCUT2D eigenvalue weighted by atomic mass is 79.9. The van der Waals surface area contributed by atoms with Gasteiger partial charge in [0.05, 0.1) is 0 Å². The lowest BCUT2D eigenvalue weighted by atomic mass is 10.0. The Morgan fingerprint density at radius 3 is 2.36 bits per heavy atom. The van der Waals surface area contributed by atoms with Gasteiger partial charge in [-0.15, -0.1) is 0 Å². The van der Waals surface area contributed by atoms with Gasteiger partial charge in [-0.3, -0.25) is 4.79 Å². The Hall–Kier alpha value is -0.630. The Morgan fingerprint density at radius 2 is 1.86 bits per heavy atom. The third kappa shape index (κ3) is 3.62. The molecule has 0 unspecified atom stereocenters. The monoisotopic (exact) mass is 254 g/mol. The summed E-state index contributed by atoms with van der Waals surface area (Å²) >= 11 is 3.38. The number of carbonyl (C=O) groups excluding carboxylic acids is 1. The zero-order chi connectivity index (χ0) is 10.6. The van der Waals surface area contributed by atoms with Crippen molar-refractivity contribution in [1.82, 2.24) is 0 Å². The summed E-state index contributed by atoms with van der Waals surface area (Å²) in [5.41, 5.74) is 1.22. The number of aryl methyl sites for hydroxylation is 1. The summed E-state index contributed by atoms with van der Waals surface area (Å²) in [4.78, 5) is 11.4. The first-order chi connectivity index (χ1) is 6.59. The number of hydrogen-bond donors (Lipinski definition) is 0. The molecule has 1 nitrogen and oxygen atoms in total. The maximum Gasteiger partial charge on any atom is 0.135 e. The van der Waals surface area contributed by atoms with Crippen LogP contribution in [0.4, 0.5) is 0 Å². The smallest absolute Gasteiger partial charge is 0.135 e. The molecule has 0 aliphatic rings. The van der Waals surface area contributed by atoms with Crippen LogP contribution in [0.25, 0.3) is 0 Å². The second-order valence-corrected chi connectivity index (χ2v) is 4.66. The van der Waals surface area contributed by atoms with Gasteiger partial charge >= 0.3 is 0 Å². The first kappa shape index (κ1) is 11.4. The van der Waals surface area contributed by atoms with Crippen LogP contribution < -0.4 is 0 Å². The Labute approximate surface area is 93.7 Å². The van der Waals surface area contributed by atoms with E-state index in [4.69, 9.17) is 0 Å². The first-order valence-corrected chi connectivity index (χ1v) is 5.66. The van der Waals surface area contributed by atoms with Crippen molar-refractivity contribution in [2.24, 2.45) is 5.92 Å². The van der Waals surface area contributed by atoms with E-state index >= 15 is 0 Å². The number of benzene rings is 1. The molecule has 0 radical (unpaired) electrons. The maximum atomic E-state index is 11.4. The molecule has 0 fully saturated rings. The quantitative estimate of drug-likeness (QED) is 0.803. The molecule has 1 aromatic rings. The van der Waals surface area contributed by atoms with Crippen LogP contribution in [0, 0.1) is 5.92 Å². The molecule has 0 N–H and O–H groups in total. The average molecular weight is 255 g/mol. The van der Waals surface area contributed by atoms with Crippen molar-refractivity contribution in [2.75, 3.05) is 0 Å². The van der Waals surface area contributed by atoms with Crippen molar-refractivity contribution in [3.63, 3.8) is 0 Å². The van der Waals surface area contributed by atoms with Crippen molar-refractivity contribution in [2.45, 2.75) is 26.7 Å². The van der Waals surface area contributed by atoms with Crippen LogP contribution in [0.15, 0.2) is 28.7 Å². The molecule has 0 saturated carbocycles. The lowest BCUT2D eigenvalue weighted by molar-refractivity contribution is -0.121. The lowest BCUT2D eigenvalue weighted by Crippen LogP contribution is -2.07. The van der Waals surface area contributed by atoms with E-state index < -0.39 is 0 Å². The van der Waals surface area contributed by atoms with Gasteiger partial charge in [0.1, 0.15) is 5.78 Å². The molecular formula is C12H15BrO. The van der Waals surface area contributed by atoms with E-state index in [2.05, 4.69) is 28.1 Å². The summed E-state index contributed by atoms with van der Waals surface area (Å²) in [6.07, 6.45) is 1.50. The molecule has 1 aromatic carbocycles. The molecule has 0 aliphatic heterocycles. The van der Waals surface area contributed by atoms with Gasteiger partial charge in [0.15, 0.2) is 0 Å². The molecule has 0 saturated heterocycles. The van der Waals surface area contributed by atoms with Gasteiger partial charge in [-0.2, -0.15) is 0 Å². The third-order valence-corrected chi connectivity index (χ3v) is 2.75. The molecule has 76 valence electrons. The summed E-state index contributed by atoms with van der Waals surface area (Å²) in [6, 6.07) is 8.12. The molecule has 0 bridgehead atoms. The number of ketones is 1. The molecule has 0 aromatic heterocycles. The van der Waals surface area contributed by atoms with E-state index in [1.807, 2.05) is 26.0 Å². The number of halogens is 1. The second kappa shape index (κ2) is 5.30. The molecule has 0 spiro atoms. The summed E-state index contributed by atoms with van der Waals surface area (Å²) < 4.78 is 1.08. The molecule has 0 heterocycles. The number of Topliss-reactive ketones (excluding diaryl/α,β-unsaturated/α-hetero) is 1. The summed E-state index contributed by atoms with van der Waals surface area (Å²) in [5.74, 6) is 0.498. The van der Waals surface area contributed by atoms with Gasteiger partial charge in [-0.1, -0.05) is 41.9 Å². The van der Waals surface area contributed by atoms with Crippen LogP contribution in [0.1, 0.15) is 25.8 Å². The van der Waals surface area contributed by atoms with Crippen LogP contribution in [0.5, 0.6) is 0 Å². The summed E-state index contributed by atoms with van der Waals surface area (Å²) in [7, 11) is 0. The predicted molar refractivity (Wildman–Crippen MR) is 62.3 cm³/mol. The van der Waals surface area contributed by atoms with Gasteiger partial charge < -0.3 is 0 Å². The second-order valence-electron chi connectivity index (χ2n) is 3.75. The number of carbonyl (C=O) groups is 1. The number of rotatable bonds is 4. The van der Waals surface area contributed by atoms with Crippen LogP contribution >= 0.6 is 15.9 Å². The molecular weight excluding hydrogens is 240 g/mol. The first-order valence-electron chi connectivity index (χ1n) is 4.86. The Balaban J connectivity index is 2.46. The van der Waals surface area contributed by atoms with Gasteiger partial charge in [-0.25, -0.2) is 0 Å². The zero-order valence-corrected chi connectivity index (χ0v) is 10.2. The zero-order valence-electron chi connectivity index (χ0n) is 8.59. The summed E-state index contributed by atoms with van der Waals surface area (Å²) in [5, 5.41) is 0. The highest BCUT2D eigenvalue weighted by molar-refractivity contribution is 9.10. The fourth-order valence-electron chi connectivity index (χ4n) is 1.21. The highest BCUT2D eigenvalue weighted by Crippen LogP contribution is 2.12. The van der Waals surface area contributed by atoms with Crippen LogP contribution in [0.2, 0.25) is 0 Å². The van der Waals surface area contributed by atoms with Crippen molar-refractivity contribution < 1.29 is 4.79 Å². The predicted octanol–water partition coefficient (Wildman–Crippen LogP) is 3.61. The minimum Gasteiger partial charge on any atom is -0.299 e. The Kier molecular flexibility index (Phi) is 4.33. The molecule has 0 amide bonds. The van der Waals surface area contributed by atoms with Crippen molar-refractivity contribution in [1.29, 1.82) is 0 Å². The van der Waals surface area contributed by atoms with Gasteiger partial charge in [-0.05, 0) is 24.1 Å². The van der Waals surface area contributed by atoms with Gasteiger partial charge in [0.2, 0.25) is 0 Å². The largest absolute Gasteiger partial charge is 0.299 e. The SMILES string of the molecule is CC(C)C(=O)CCc1ccc(Br)cc1. The van der Waals surface area contributed by atoms with E-state index in [0.29, 0.717) is 12.2 Å². The highest BCUT2D eigenvalue weighted by Gasteiger charge is 2.06. The lowest BCUT2D eigenvalue weighted by Gasteiger charge is -2.03. The average Bonchev–Trinajstić information content (AvgIpc) is 2.16. The van der Waals surface area contributed by atoms with E-state index in [0.717, 1.165) is 10.9 Å². The van der Waals surface area contributed by atoms with Gasteiger partial charge in [0, 0.05) is 16.8 Å². The third-order valence-electron chi connectivity index (χ3n) is 2.22. The topological polar surface area (TPSA) is 17.1 Å². The molecule has 1 rings (SSSR count). The normalized spacial score (nSPS) is 10.6. The standard InChI is InChI=1S/C12H15BrO/c1-9(2)12(14)8-5-10-3-6-11(13)7-4-10/h3-4,6-7,9H,5,8H2,1-2H3. The van der Waals surface area contributed by atoms with Crippen molar-refractivity contribution in [3.05, 3.63) is 34.3 Å². The minimum absolute atomic E-state index is 0.158. The van der Waals surface area contributed by atoms with E-state index in [9.17, 15) is 4.79 Å². The van der Waals surface area contributed by atoms with Crippen molar-refractivity contribution in [3.8, 4) is 0 Å². The van der Waals surface area contributed by atoms with Crippen molar-refractivity contribution >= 4 is 21.7 Å². The van der Waals surface area contributed by atoms with Crippen LogP contribution in [-0.2, 0) is 11.2 Å². The molecule has 14 heavy (non-hydrogen) atoms.